The maximum absolute atomic E-state index is 14.1. The molecule has 1 aliphatic heterocycles. The average Bonchev–Trinajstić information content (AvgIpc) is 3.14. The Hall–Kier alpha value is -4.33. The summed E-state index contributed by atoms with van der Waals surface area (Å²) in [7, 11) is 1.38. The number of nitro benzene ring substituents is 1. The lowest BCUT2D eigenvalue weighted by atomic mass is 9.46. The Morgan fingerprint density at radius 1 is 0.971 bits per heavy atom. The Balaban J connectivity index is 1.64. The van der Waals surface area contributed by atoms with Gasteiger partial charge >= 0.3 is 0 Å². The number of anilines is 1. The van der Waals surface area contributed by atoms with E-state index in [9.17, 15) is 24.5 Å². The molecule has 8 heteroatoms. The second-order valence-electron chi connectivity index (χ2n) is 9.14. The molecule has 1 fully saturated rings. The normalized spacial score (nSPS) is 25.7. The number of carbonyl (C=O) groups is 3. The largest absolute Gasteiger partial charge is 0.496 e. The van der Waals surface area contributed by atoms with Crippen LogP contribution >= 0.6 is 0 Å². The standard InChI is InChI=1S/C27H20N2O6/c1-14(30)27-18-9-5-3-7-16(18)22(17-8-4-6-10-19(17)27)23-24(27)26(32)28(25(23)31)20-12-11-15(35-2)13-21(20)29(33)34/h3-13,22-24H,1-2H3/t22?,23-,24+,27?/m0/s1. The summed E-state index contributed by atoms with van der Waals surface area (Å²) >= 11 is 0. The van der Waals surface area contributed by atoms with Crippen LogP contribution in [0.2, 0.25) is 0 Å². The summed E-state index contributed by atoms with van der Waals surface area (Å²) in [5.74, 6) is -3.42. The SMILES string of the molecule is COc1ccc(N2C(=O)[C@H]3C4c5ccccc5C(C(C)=O)(c5ccccc54)[C@H]3C2=O)c([N+](=O)[O-])c1. The fourth-order valence-electron chi connectivity index (χ4n) is 6.57. The zero-order valence-corrected chi connectivity index (χ0v) is 18.9. The predicted octanol–water partition coefficient (Wildman–Crippen LogP) is 3.74. The molecule has 2 atom stereocenters. The lowest BCUT2D eigenvalue weighted by molar-refractivity contribution is -0.384. The van der Waals surface area contributed by atoms with Crippen molar-refractivity contribution >= 4 is 29.0 Å². The first-order chi connectivity index (χ1) is 16.8. The van der Waals surface area contributed by atoms with Crippen molar-refractivity contribution < 1.29 is 24.0 Å². The number of hydrogen-bond acceptors (Lipinski definition) is 6. The Kier molecular flexibility index (Phi) is 4.30. The van der Waals surface area contributed by atoms with Crippen LogP contribution in [-0.4, -0.2) is 29.6 Å². The van der Waals surface area contributed by atoms with E-state index in [1.807, 2.05) is 48.5 Å². The van der Waals surface area contributed by atoms with Gasteiger partial charge in [-0.25, -0.2) is 4.90 Å². The minimum atomic E-state index is -1.35. The van der Waals surface area contributed by atoms with Crippen LogP contribution < -0.4 is 9.64 Å². The third kappa shape index (κ3) is 2.43. The van der Waals surface area contributed by atoms with Crippen LogP contribution in [0.1, 0.15) is 35.1 Å². The smallest absolute Gasteiger partial charge is 0.297 e. The Morgan fingerprint density at radius 3 is 2.11 bits per heavy atom. The zero-order chi connectivity index (χ0) is 24.6. The molecule has 3 aromatic carbocycles. The fourth-order valence-corrected chi connectivity index (χ4v) is 6.57. The highest BCUT2D eigenvalue weighted by atomic mass is 16.6. The number of benzene rings is 3. The van der Waals surface area contributed by atoms with E-state index in [-0.39, 0.29) is 17.2 Å². The molecule has 2 amide bonds. The lowest BCUT2D eigenvalue weighted by Crippen LogP contribution is -2.57. The van der Waals surface area contributed by atoms with Crippen molar-refractivity contribution in [3.05, 3.63) is 99.1 Å². The molecule has 8 nitrogen and oxygen atoms in total. The molecule has 0 spiro atoms. The van der Waals surface area contributed by atoms with Crippen LogP contribution in [0.3, 0.4) is 0 Å². The van der Waals surface area contributed by atoms with Crippen LogP contribution in [0.25, 0.3) is 0 Å². The number of imide groups is 1. The molecule has 174 valence electrons. The van der Waals surface area contributed by atoms with Crippen molar-refractivity contribution in [3.8, 4) is 5.75 Å². The fraction of sp³-hybridized carbons (Fsp3) is 0.222. The zero-order valence-electron chi connectivity index (χ0n) is 18.9. The first-order valence-electron chi connectivity index (χ1n) is 11.2. The van der Waals surface area contributed by atoms with Crippen LogP contribution in [-0.2, 0) is 19.8 Å². The van der Waals surface area contributed by atoms with Gasteiger partial charge in [0.2, 0.25) is 11.8 Å². The topological polar surface area (TPSA) is 107 Å². The van der Waals surface area contributed by atoms with E-state index in [2.05, 4.69) is 0 Å². The number of Topliss-reactive ketones (excluding diaryl/α,β-unsaturated/α-hetero) is 1. The second-order valence-corrected chi connectivity index (χ2v) is 9.14. The molecule has 0 unspecified atom stereocenters. The summed E-state index contributed by atoms with van der Waals surface area (Å²) in [6.45, 7) is 1.45. The van der Waals surface area contributed by atoms with Crippen molar-refractivity contribution in [1.82, 2.24) is 0 Å². The molecular weight excluding hydrogens is 448 g/mol. The van der Waals surface area contributed by atoms with Crippen LogP contribution in [0.4, 0.5) is 11.4 Å². The number of hydrogen-bond donors (Lipinski definition) is 0. The van der Waals surface area contributed by atoms with E-state index in [1.165, 1.54) is 32.2 Å². The van der Waals surface area contributed by atoms with E-state index < -0.39 is 45.6 Å². The van der Waals surface area contributed by atoms with Crippen molar-refractivity contribution in [2.24, 2.45) is 11.8 Å². The van der Waals surface area contributed by atoms with Gasteiger partial charge in [-0.15, -0.1) is 0 Å². The molecule has 0 saturated carbocycles. The van der Waals surface area contributed by atoms with Gasteiger partial charge in [0.15, 0.2) is 0 Å². The summed E-state index contributed by atoms with van der Waals surface area (Å²) in [5.41, 5.74) is 1.25. The average molecular weight is 468 g/mol. The van der Waals surface area contributed by atoms with E-state index in [0.29, 0.717) is 0 Å². The van der Waals surface area contributed by atoms with Crippen molar-refractivity contribution in [3.63, 3.8) is 0 Å². The molecule has 1 heterocycles. The van der Waals surface area contributed by atoms with E-state index in [1.54, 1.807) is 0 Å². The monoisotopic (exact) mass is 468 g/mol. The number of methoxy groups -OCH3 is 1. The lowest BCUT2D eigenvalue weighted by Gasteiger charge is -2.52. The van der Waals surface area contributed by atoms with Gasteiger partial charge in [-0.3, -0.25) is 24.5 Å². The Morgan fingerprint density at radius 2 is 1.57 bits per heavy atom. The van der Waals surface area contributed by atoms with Crippen molar-refractivity contribution in [2.75, 3.05) is 12.0 Å². The third-order valence-corrected chi connectivity index (χ3v) is 7.79. The number of carbonyl (C=O) groups excluding carboxylic acids is 3. The van der Waals surface area contributed by atoms with E-state index >= 15 is 0 Å². The quantitative estimate of drug-likeness (QED) is 0.328. The Bertz CT molecular complexity index is 1430. The maximum Gasteiger partial charge on any atom is 0.297 e. The minimum Gasteiger partial charge on any atom is -0.496 e. The molecule has 2 bridgehead atoms. The van der Waals surface area contributed by atoms with Crippen molar-refractivity contribution in [1.29, 1.82) is 0 Å². The molecule has 4 aliphatic rings. The number of nitro groups is 1. The van der Waals surface area contributed by atoms with Gasteiger partial charge < -0.3 is 4.74 Å². The number of nitrogens with zero attached hydrogens (tertiary/aromatic N) is 2. The minimum absolute atomic E-state index is 0.119. The first kappa shape index (κ1) is 21.2. The molecule has 1 saturated heterocycles. The van der Waals surface area contributed by atoms with Crippen molar-refractivity contribution in [2.45, 2.75) is 18.3 Å². The second kappa shape index (κ2) is 7.09. The van der Waals surface area contributed by atoms with Gasteiger partial charge in [0, 0.05) is 5.92 Å². The molecule has 3 aliphatic carbocycles. The van der Waals surface area contributed by atoms with E-state index in [4.69, 9.17) is 4.74 Å². The molecule has 0 radical (unpaired) electrons. The van der Waals surface area contributed by atoms with Gasteiger partial charge in [-0.05, 0) is 41.3 Å². The van der Waals surface area contributed by atoms with E-state index in [0.717, 1.165) is 27.2 Å². The predicted molar refractivity (Wildman–Crippen MR) is 125 cm³/mol. The number of rotatable bonds is 4. The summed E-state index contributed by atoms with van der Waals surface area (Å²) in [4.78, 5) is 53.8. The number of ketones is 1. The van der Waals surface area contributed by atoms with Crippen LogP contribution in [0.15, 0.2) is 66.7 Å². The summed E-state index contributed by atoms with van der Waals surface area (Å²) in [6.07, 6.45) is 0. The highest BCUT2D eigenvalue weighted by Crippen LogP contribution is 2.64. The maximum atomic E-state index is 14.1. The molecule has 0 N–H and O–H groups in total. The molecular formula is C27H20N2O6. The molecule has 7 rings (SSSR count). The van der Waals surface area contributed by atoms with Crippen LogP contribution in [0, 0.1) is 22.0 Å². The number of amides is 2. The highest BCUT2D eigenvalue weighted by Gasteiger charge is 2.70. The van der Waals surface area contributed by atoms with Gasteiger partial charge in [-0.1, -0.05) is 48.5 Å². The Labute approximate surface area is 200 Å². The number of ether oxygens (including phenoxy) is 1. The first-order valence-corrected chi connectivity index (χ1v) is 11.2. The molecule has 0 aromatic heterocycles. The summed E-state index contributed by atoms with van der Waals surface area (Å²) in [6, 6.07) is 18.9. The van der Waals surface area contributed by atoms with Gasteiger partial charge in [0.1, 0.15) is 17.2 Å². The highest BCUT2D eigenvalue weighted by molar-refractivity contribution is 6.26. The van der Waals surface area contributed by atoms with Gasteiger partial charge in [0.05, 0.1) is 35.4 Å². The van der Waals surface area contributed by atoms with Gasteiger partial charge in [-0.2, -0.15) is 0 Å². The molecule has 35 heavy (non-hydrogen) atoms. The summed E-state index contributed by atoms with van der Waals surface area (Å²) in [5, 5.41) is 11.9. The van der Waals surface area contributed by atoms with Gasteiger partial charge in [0.25, 0.3) is 5.69 Å². The van der Waals surface area contributed by atoms with Crippen LogP contribution in [0.5, 0.6) is 5.75 Å². The third-order valence-electron chi connectivity index (χ3n) is 7.79. The summed E-state index contributed by atoms with van der Waals surface area (Å²) < 4.78 is 5.11. The molecule has 3 aromatic rings.